The van der Waals surface area contributed by atoms with E-state index in [9.17, 15) is 4.79 Å². The fourth-order valence-corrected chi connectivity index (χ4v) is 3.66. The van der Waals surface area contributed by atoms with Crippen LogP contribution in [0.5, 0.6) is 0 Å². The van der Waals surface area contributed by atoms with E-state index in [2.05, 4.69) is 44.0 Å². The van der Waals surface area contributed by atoms with Crippen molar-refractivity contribution in [1.82, 2.24) is 4.98 Å². The summed E-state index contributed by atoms with van der Waals surface area (Å²) in [6, 6.07) is 14.4. The van der Waals surface area contributed by atoms with E-state index in [1.165, 1.54) is 5.56 Å². The molecule has 0 radical (unpaired) electrons. The number of carbonyl (C=O) groups is 1. The maximum atomic E-state index is 13.1. The van der Waals surface area contributed by atoms with Crippen molar-refractivity contribution < 1.29 is 4.79 Å². The van der Waals surface area contributed by atoms with E-state index >= 15 is 0 Å². The van der Waals surface area contributed by atoms with Gasteiger partial charge in [-0.25, -0.2) is 0 Å². The molecule has 3 aromatic rings. The SMILES string of the molecule is CCc1ccc2c(c1)C(=O)c1c([nH]c3ccccc13)C2(C)C. The van der Waals surface area contributed by atoms with Crippen LogP contribution < -0.4 is 0 Å². The molecule has 0 atom stereocenters. The number of nitrogens with one attached hydrogen (secondary N) is 1. The number of ketones is 1. The smallest absolute Gasteiger partial charge is 0.195 e. The molecular formula is C20H19NO. The highest BCUT2D eigenvalue weighted by Gasteiger charge is 2.39. The standard InChI is InChI=1S/C20H19NO/c1-4-12-9-10-15-14(11-12)18(22)17-13-7-5-6-8-16(13)21-19(17)20(15,2)3/h5-11,21H,4H2,1-3H3. The number of hydrogen-bond donors (Lipinski definition) is 1. The molecule has 1 aliphatic rings. The Kier molecular flexibility index (Phi) is 2.62. The van der Waals surface area contributed by atoms with Crippen LogP contribution >= 0.6 is 0 Å². The zero-order valence-electron chi connectivity index (χ0n) is 13.2. The molecule has 0 aliphatic heterocycles. The highest BCUT2D eigenvalue weighted by Crippen LogP contribution is 2.43. The van der Waals surface area contributed by atoms with Gasteiger partial charge in [-0.15, -0.1) is 0 Å². The lowest BCUT2D eigenvalue weighted by atomic mass is 9.71. The minimum absolute atomic E-state index is 0.150. The van der Waals surface area contributed by atoms with Crippen LogP contribution in [-0.2, 0) is 11.8 Å². The maximum absolute atomic E-state index is 13.1. The molecule has 0 fully saturated rings. The molecule has 0 unspecified atom stereocenters. The van der Waals surface area contributed by atoms with Crippen molar-refractivity contribution in [3.63, 3.8) is 0 Å². The predicted molar refractivity (Wildman–Crippen MR) is 89.7 cm³/mol. The van der Waals surface area contributed by atoms with E-state index in [0.717, 1.165) is 39.7 Å². The molecule has 1 N–H and O–H groups in total. The molecule has 2 nitrogen and oxygen atoms in total. The van der Waals surface area contributed by atoms with Gasteiger partial charge in [0.2, 0.25) is 0 Å². The van der Waals surface area contributed by atoms with Crippen LogP contribution in [0, 0.1) is 0 Å². The highest BCUT2D eigenvalue weighted by atomic mass is 16.1. The lowest BCUT2D eigenvalue weighted by molar-refractivity contribution is 0.103. The third-order valence-corrected chi connectivity index (χ3v) is 4.97. The minimum Gasteiger partial charge on any atom is -0.357 e. The Morgan fingerprint density at radius 1 is 1.09 bits per heavy atom. The maximum Gasteiger partial charge on any atom is 0.195 e. The van der Waals surface area contributed by atoms with Gasteiger partial charge in [0.05, 0.1) is 5.56 Å². The quantitative estimate of drug-likeness (QED) is 0.697. The molecule has 1 heterocycles. The van der Waals surface area contributed by atoms with Crippen LogP contribution in [0.25, 0.3) is 10.9 Å². The summed E-state index contributed by atoms with van der Waals surface area (Å²) in [7, 11) is 0. The Bertz CT molecular complexity index is 915. The molecule has 110 valence electrons. The molecule has 0 spiro atoms. The van der Waals surface area contributed by atoms with Crippen molar-refractivity contribution in [3.8, 4) is 0 Å². The number of benzene rings is 2. The van der Waals surface area contributed by atoms with E-state index < -0.39 is 0 Å². The first kappa shape index (κ1) is 13.3. The number of fused-ring (bicyclic) bond motifs is 4. The third kappa shape index (κ3) is 1.58. The highest BCUT2D eigenvalue weighted by molar-refractivity contribution is 6.20. The Labute approximate surface area is 130 Å². The predicted octanol–water partition coefficient (Wildman–Crippen LogP) is 4.60. The molecule has 4 rings (SSSR count). The molecule has 0 saturated carbocycles. The molecule has 2 aromatic carbocycles. The molecule has 0 bridgehead atoms. The molecule has 1 aromatic heterocycles. The summed E-state index contributed by atoms with van der Waals surface area (Å²) >= 11 is 0. The number of rotatable bonds is 1. The number of para-hydroxylation sites is 1. The number of hydrogen-bond acceptors (Lipinski definition) is 1. The summed E-state index contributed by atoms with van der Waals surface area (Å²) in [6.45, 7) is 6.51. The second-order valence-electron chi connectivity index (χ2n) is 6.61. The summed E-state index contributed by atoms with van der Waals surface area (Å²) in [5.41, 5.74) is 5.93. The topological polar surface area (TPSA) is 32.9 Å². The molecule has 2 heteroatoms. The Morgan fingerprint density at radius 3 is 2.64 bits per heavy atom. The zero-order valence-corrected chi connectivity index (χ0v) is 13.2. The molecule has 22 heavy (non-hydrogen) atoms. The first-order chi connectivity index (χ1) is 10.5. The summed E-state index contributed by atoms with van der Waals surface area (Å²) in [5.74, 6) is 0.150. The Morgan fingerprint density at radius 2 is 1.86 bits per heavy atom. The van der Waals surface area contributed by atoms with Crippen LogP contribution in [0.2, 0.25) is 0 Å². The summed E-state index contributed by atoms with van der Waals surface area (Å²) in [4.78, 5) is 16.6. The van der Waals surface area contributed by atoms with Gasteiger partial charge in [-0.1, -0.05) is 51.1 Å². The van der Waals surface area contributed by atoms with E-state index in [1.807, 2.05) is 24.3 Å². The van der Waals surface area contributed by atoms with Gasteiger partial charge >= 0.3 is 0 Å². The largest absolute Gasteiger partial charge is 0.357 e. The van der Waals surface area contributed by atoms with Crippen molar-refractivity contribution in [3.05, 3.63) is 70.4 Å². The number of aromatic amines is 1. The summed E-state index contributed by atoms with van der Waals surface area (Å²) < 4.78 is 0. The number of aromatic nitrogens is 1. The molecule has 0 amide bonds. The fraction of sp³-hybridized carbons (Fsp3) is 0.250. The van der Waals surface area contributed by atoms with E-state index in [4.69, 9.17) is 0 Å². The third-order valence-electron chi connectivity index (χ3n) is 4.97. The van der Waals surface area contributed by atoms with Gasteiger partial charge in [-0.2, -0.15) is 0 Å². The van der Waals surface area contributed by atoms with Crippen molar-refractivity contribution in [2.24, 2.45) is 0 Å². The number of H-pyrrole nitrogens is 1. The average Bonchev–Trinajstić information content (AvgIpc) is 2.93. The zero-order chi connectivity index (χ0) is 15.5. The van der Waals surface area contributed by atoms with Gasteiger partial charge in [0.25, 0.3) is 0 Å². The van der Waals surface area contributed by atoms with Gasteiger partial charge < -0.3 is 4.98 Å². The summed E-state index contributed by atoms with van der Waals surface area (Å²) in [5, 5.41) is 1.03. The van der Waals surface area contributed by atoms with Crippen molar-refractivity contribution in [2.75, 3.05) is 0 Å². The van der Waals surface area contributed by atoms with Crippen LogP contribution in [0.1, 0.15) is 53.5 Å². The number of carbonyl (C=O) groups excluding carboxylic acids is 1. The molecule has 1 aliphatic carbocycles. The van der Waals surface area contributed by atoms with E-state index in [1.54, 1.807) is 0 Å². The Balaban J connectivity index is 2.09. The normalized spacial score (nSPS) is 15.7. The van der Waals surface area contributed by atoms with Gasteiger partial charge in [-0.05, 0) is 29.7 Å². The number of aryl methyl sites for hydroxylation is 1. The fourth-order valence-electron chi connectivity index (χ4n) is 3.66. The van der Waals surface area contributed by atoms with Gasteiger partial charge in [0.15, 0.2) is 5.78 Å². The Hall–Kier alpha value is -2.35. The van der Waals surface area contributed by atoms with Crippen LogP contribution in [0.4, 0.5) is 0 Å². The lowest BCUT2D eigenvalue weighted by Crippen LogP contribution is -2.30. The average molecular weight is 289 g/mol. The first-order valence-electron chi connectivity index (χ1n) is 7.83. The first-order valence-corrected chi connectivity index (χ1v) is 7.83. The van der Waals surface area contributed by atoms with E-state index in [0.29, 0.717) is 0 Å². The second kappa shape index (κ2) is 4.33. The van der Waals surface area contributed by atoms with E-state index in [-0.39, 0.29) is 11.2 Å². The van der Waals surface area contributed by atoms with Crippen LogP contribution in [-0.4, -0.2) is 10.8 Å². The van der Waals surface area contributed by atoms with Crippen molar-refractivity contribution >= 4 is 16.7 Å². The summed E-state index contributed by atoms with van der Waals surface area (Å²) in [6.07, 6.45) is 0.946. The van der Waals surface area contributed by atoms with Crippen molar-refractivity contribution in [2.45, 2.75) is 32.6 Å². The molecular weight excluding hydrogens is 270 g/mol. The van der Waals surface area contributed by atoms with Crippen molar-refractivity contribution in [1.29, 1.82) is 0 Å². The van der Waals surface area contributed by atoms with Crippen LogP contribution in [0.3, 0.4) is 0 Å². The van der Waals surface area contributed by atoms with Gasteiger partial charge in [0, 0.05) is 27.6 Å². The van der Waals surface area contributed by atoms with Gasteiger partial charge in [-0.3, -0.25) is 4.79 Å². The second-order valence-corrected chi connectivity index (χ2v) is 6.61. The lowest BCUT2D eigenvalue weighted by Gasteiger charge is -2.32. The monoisotopic (exact) mass is 289 g/mol. The van der Waals surface area contributed by atoms with Crippen LogP contribution in [0.15, 0.2) is 42.5 Å². The minimum atomic E-state index is -0.191. The molecule has 0 saturated heterocycles. The van der Waals surface area contributed by atoms with Gasteiger partial charge in [0.1, 0.15) is 0 Å².